The first-order chi connectivity index (χ1) is 24.5. The van der Waals surface area contributed by atoms with Crippen LogP contribution in [0.15, 0.2) is 121 Å². The average molecular weight is 646 g/mol. The standard InChI is InChI=1S/C45H35N5/c1-46-40-10-4-7-36(24-40)32-12-14-34(15-13-32)42-48-43(50-44(49-42)38-9-5-11-41(25-38)47-2)37-8-3-6-35(23-37)33-16-18-39(19-17-33)45-26-29-20-30(27-45)22-31(21-29)28-45/h3-19,23-25,29-31H,20-22,26-28H2. The van der Waals surface area contributed by atoms with Gasteiger partial charge < -0.3 is 0 Å². The second-order valence-corrected chi connectivity index (χ2v) is 14.6. The van der Waals surface area contributed by atoms with Crippen LogP contribution in [0.3, 0.4) is 0 Å². The van der Waals surface area contributed by atoms with E-state index in [0.29, 0.717) is 34.3 Å². The minimum Gasteiger partial charge on any atom is -0.238 e. The Bertz CT molecular complexity index is 2290. The summed E-state index contributed by atoms with van der Waals surface area (Å²) in [4.78, 5) is 22.1. The maximum atomic E-state index is 7.55. The van der Waals surface area contributed by atoms with E-state index in [2.05, 4.69) is 58.2 Å². The predicted molar refractivity (Wildman–Crippen MR) is 199 cm³/mol. The number of nitrogens with zero attached hydrogens (tertiary/aromatic N) is 5. The van der Waals surface area contributed by atoms with Crippen LogP contribution < -0.4 is 0 Å². The molecule has 0 amide bonds. The van der Waals surface area contributed by atoms with Crippen molar-refractivity contribution in [3.63, 3.8) is 0 Å². The first-order valence-corrected chi connectivity index (χ1v) is 17.6. The predicted octanol–water partition coefficient (Wildman–Crippen LogP) is 11.8. The molecule has 0 N–H and O–H groups in total. The first kappa shape index (κ1) is 30.2. The summed E-state index contributed by atoms with van der Waals surface area (Å²) in [6.45, 7) is 14.9. The Morgan fingerprint density at radius 1 is 0.440 bits per heavy atom. The summed E-state index contributed by atoms with van der Waals surface area (Å²) in [6.07, 6.45) is 8.48. The maximum Gasteiger partial charge on any atom is 0.187 e. The van der Waals surface area contributed by atoms with Gasteiger partial charge in [-0.15, -0.1) is 0 Å². The number of rotatable bonds is 6. The largest absolute Gasteiger partial charge is 0.238 e. The van der Waals surface area contributed by atoms with Gasteiger partial charge in [0.2, 0.25) is 0 Å². The van der Waals surface area contributed by atoms with Crippen molar-refractivity contribution in [3.05, 3.63) is 150 Å². The van der Waals surface area contributed by atoms with Gasteiger partial charge in [-0.05, 0) is 108 Å². The molecule has 0 unspecified atom stereocenters. The van der Waals surface area contributed by atoms with Gasteiger partial charge in [0.25, 0.3) is 0 Å². The van der Waals surface area contributed by atoms with Crippen molar-refractivity contribution < 1.29 is 0 Å². The zero-order valence-corrected chi connectivity index (χ0v) is 27.8. The minimum absolute atomic E-state index is 0.386. The van der Waals surface area contributed by atoms with Crippen LogP contribution in [-0.4, -0.2) is 15.0 Å². The van der Waals surface area contributed by atoms with Crippen molar-refractivity contribution in [3.8, 4) is 56.4 Å². The molecule has 4 saturated carbocycles. The third-order valence-electron chi connectivity index (χ3n) is 11.3. The monoisotopic (exact) mass is 645 g/mol. The van der Waals surface area contributed by atoms with Gasteiger partial charge in [-0.1, -0.05) is 103 Å². The lowest BCUT2D eigenvalue weighted by Crippen LogP contribution is -2.48. The Labute approximate surface area is 293 Å². The molecule has 1 aromatic heterocycles. The molecular weight excluding hydrogens is 611 g/mol. The molecule has 5 aromatic carbocycles. The number of aromatic nitrogens is 3. The maximum absolute atomic E-state index is 7.55. The second-order valence-electron chi connectivity index (χ2n) is 14.6. The van der Waals surface area contributed by atoms with Crippen LogP contribution in [-0.2, 0) is 5.41 Å². The number of hydrogen-bond donors (Lipinski definition) is 0. The van der Waals surface area contributed by atoms with Crippen LogP contribution in [0, 0.1) is 30.9 Å². The molecule has 1 heterocycles. The van der Waals surface area contributed by atoms with Gasteiger partial charge in [0.15, 0.2) is 28.8 Å². The highest BCUT2D eigenvalue weighted by Crippen LogP contribution is 2.60. The third kappa shape index (κ3) is 5.56. The molecule has 0 radical (unpaired) electrons. The average Bonchev–Trinajstić information content (AvgIpc) is 3.17. The smallest absolute Gasteiger partial charge is 0.187 e. The molecule has 5 heteroatoms. The lowest BCUT2D eigenvalue weighted by Gasteiger charge is -2.57. The summed E-state index contributed by atoms with van der Waals surface area (Å²) in [6, 6.07) is 41.0. The Morgan fingerprint density at radius 2 is 0.840 bits per heavy atom. The molecule has 10 rings (SSSR count). The summed E-state index contributed by atoms with van der Waals surface area (Å²) in [7, 11) is 0. The van der Waals surface area contributed by atoms with Crippen molar-refractivity contribution >= 4 is 11.4 Å². The van der Waals surface area contributed by atoms with Gasteiger partial charge in [-0.3, -0.25) is 0 Å². The topological polar surface area (TPSA) is 47.4 Å². The van der Waals surface area contributed by atoms with Gasteiger partial charge in [0.05, 0.1) is 13.1 Å². The molecule has 6 aromatic rings. The molecule has 0 saturated heterocycles. The molecule has 0 atom stereocenters. The molecular formula is C45H35N5. The Hall–Kier alpha value is -5.91. The van der Waals surface area contributed by atoms with Gasteiger partial charge in [-0.2, -0.15) is 0 Å². The molecule has 0 aliphatic heterocycles. The summed E-state index contributed by atoms with van der Waals surface area (Å²) in [5.74, 6) is 4.45. The summed E-state index contributed by atoms with van der Waals surface area (Å²) in [5, 5.41) is 0. The van der Waals surface area contributed by atoms with Crippen LogP contribution >= 0.6 is 0 Å². The van der Waals surface area contributed by atoms with Crippen molar-refractivity contribution in [2.24, 2.45) is 17.8 Å². The molecule has 0 spiro atoms. The zero-order valence-electron chi connectivity index (χ0n) is 27.8. The molecule has 4 bridgehead atoms. The van der Waals surface area contributed by atoms with E-state index in [0.717, 1.165) is 51.1 Å². The molecule has 5 nitrogen and oxygen atoms in total. The van der Waals surface area contributed by atoms with Gasteiger partial charge in [0.1, 0.15) is 0 Å². The van der Waals surface area contributed by atoms with Gasteiger partial charge in [0, 0.05) is 16.7 Å². The minimum atomic E-state index is 0.386. The van der Waals surface area contributed by atoms with Crippen LogP contribution in [0.25, 0.3) is 66.1 Å². The van der Waals surface area contributed by atoms with Crippen LogP contribution in [0.4, 0.5) is 11.4 Å². The highest BCUT2D eigenvalue weighted by Gasteiger charge is 2.51. The quantitative estimate of drug-likeness (QED) is 0.169. The Kier molecular flexibility index (Phi) is 7.36. The van der Waals surface area contributed by atoms with Gasteiger partial charge >= 0.3 is 0 Å². The molecule has 4 aliphatic rings. The fourth-order valence-corrected chi connectivity index (χ4v) is 9.36. The van der Waals surface area contributed by atoms with Crippen molar-refractivity contribution in [1.82, 2.24) is 15.0 Å². The van der Waals surface area contributed by atoms with E-state index in [-0.39, 0.29) is 0 Å². The molecule has 240 valence electrons. The van der Waals surface area contributed by atoms with E-state index in [9.17, 15) is 0 Å². The fraction of sp³-hybridized carbons (Fsp3) is 0.222. The van der Waals surface area contributed by atoms with Crippen molar-refractivity contribution in [1.29, 1.82) is 0 Å². The summed E-state index contributed by atoms with van der Waals surface area (Å²) in [5.41, 5.74) is 9.93. The zero-order chi connectivity index (χ0) is 33.7. The van der Waals surface area contributed by atoms with E-state index >= 15 is 0 Å². The SMILES string of the molecule is [C-]#[N+]c1cccc(-c2ccc(-c3nc(-c4cccc([N+]#[C-])c4)nc(-c4cccc(-c5ccc(C67CC8CC(CC(C8)C6)C7)cc5)c4)n3)cc2)c1. The van der Waals surface area contributed by atoms with Crippen LogP contribution in [0.5, 0.6) is 0 Å². The van der Waals surface area contributed by atoms with Crippen molar-refractivity contribution in [2.45, 2.75) is 43.9 Å². The second kappa shape index (κ2) is 12.2. The van der Waals surface area contributed by atoms with Crippen molar-refractivity contribution in [2.75, 3.05) is 0 Å². The van der Waals surface area contributed by atoms with E-state index < -0.39 is 0 Å². The van der Waals surface area contributed by atoms with E-state index in [1.807, 2.05) is 66.7 Å². The first-order valence-electron chi connectivity index (χ1n) is 17.6. The fourth-order valence-electron chi connectivity index (χ4n) is 9.36. The molecule has 4 aliphatic carbocycles. The molecule has 50 heavy (non-hydrogen) atoms. The Balaban J connectivity index is 1.07. The van der Waals surface area contributed by atoms with E-state index in [4.69, 9.17) is 28.1 Å². The highest BCUT2D eigenvalue weighted by molar-refractivity contribution is 5.75. The van der Waals surface area contributed by atoms with Gasteiger partial charge in [-0.25, -0.2) is 24.6 Å². The van der Waals surface area contributed by atoms with Crippen LogP contribution in [0.2, 0.25) is 0 Å². The van der Waals surface area contributed by atoms with E-state index in [1.165, 1.54) is 49.7 Å². The lowest BCUT2D eigenvalue weighted by atomic mass is 9.48. The summed E-state index contributed by atoms with van der Waals surface area (Å²) < 4.78 is 0. The molecule has 4 fully saturated rings. The highest BCUT2D eigenvalue weighted by atomic mass is 15.0. The van der Waals surface area contributed by atoms with Crippen LogP contribution in [0.1, 0.15) is 44.1 Å². The Morgan fingerprint density at radius 3 is 1.38 bits per heavy atom. The summed E-state index contributed by atoms with van der Waals surface area (Å²) >= 11 is 0. The lowest BCUT2D eigenvalue weighted by molar-refractivity contribution is -0.00518. The number of hydrogen-bond acceptors (Lipinski definition) is 3. The number of benzene rings is 5. The normalized spacial score (nSPS) is 21.8. The third-order valence-corrected chi connectivity index (χ3v) is 11.3. The van der Waals surface area contributed by atoms with E-state index in [1.54, 1.807) is 6.07 Å².